The predicted molar refractivity (Wildman–Crippen MR) is 73.5 cm³/mol. The van der Waals surface area contributed by atoms with Gasteiger partial charge in [0.2, 0.25) is 5.95 Å². The molecule has 1 fully saturated rings. The highest BCUT2D eigenvalue weighted by Crippen LogP contribution is 2.24. The minimum atomic E-state index is 0.982. The van der Waals surface area contributed by atoms with Crippen molar-refractivity contribution >= 4 is 32.9 Å². The highest BCUT2D eigenvalue weighted by atomic mass is 79.9. The Morgan fingerprint density at radius 1 is 1.24 bits per heavy atom. The molecule has 5 heteroatoms. The topological polar surface area (TPSA) is 44.0 Å². The van der Waals surface area contributed by atoms with Gasteiger partial charge in [0, 0.05) is 24.1 Å². The molecule has 0 spiro atoms. The van der Waals surface area contributed by atoms with Crippen LogP contribution in [-0.2, 0) is 0 Å². The number of para-hydroxylation sites is 1. The van der Waals surface area contributed by atoms with Crippen LogP contribution < -0.4 is 10.2 Å². The van der Waals surface area contributed by atoms with Gasteiger partial charge in [0.1, 0.15) is 5.52 Å². The number of benzene rings is 1. The number of H-pyrrole nitrogens is 1. The lowest BCUT2D eigenvalue weighted by atomic mass is 10.3. The number of halogens is 1. The number of aromatic amines is 1. The van der Waals surface area contributed by atoms with Crippen molar-refractivity contribution in [3.05, 3.63) is 22.7 Å². The van der Waals surface area contributed by atoms with Gasteiger partial charge >= 0.3 is 0 Å². The molecule has 2 aromatic rings. The quantitative estimate of drug-likeness (QED) is 0.847. The van der Waals surface area contributed by atoms with E-state index in [2.05, 4.69) is 42.2 Å². The molecule has 17 heavy (non-hydrogen) atoms. The van der Waals surface area contributed by atoms with E-state index < -0.39 is 0 Å². The third-order valence-electron chi connectivity index (χ3n) is 3.09. The van der Waals surface area contributed by atoms with Crippen LogP contribution in [0.4, 0.5) is 5.95 Å². The Balaban J connectivity index is 1.96. The summed E-state index contributed by atoms with van der Waals surface area (Å²) in [7, 11) is 0. The molecule has 0 saturated carbocycles. The molecule has 90 valence electrons. The number of hydrogen-bond donors (Lipinski definition) is 2. The molecule has 0 unspecified atom stereocenters. The highest BCUT2D eigenvalue weighted by molar-refractivity contribution is 9.10. The van der Waals surface area contributed by atoms with Crippen LogP contribution in [0.1, 0.15) is 6.42 Å². The molecule has 0 bridgehead atoms. The van der Waals surface area contributed by atoms with Crippen LogP contribution in [0.25, 0.3) is 11.0 Å². The van der Waals surface area contributed by atoms with Crippen molar-refractivity contribution in [3.63, 3.8) is 0 Å². The Kier molecular flexibility index (Phi) is 3.03. The molecule has 1 saturated heterocycles. The number of aromatic nitrogens is 2. The Morgan fingerprint density at radius 3 is 3.06 bits per heavy atom. The largest absolute Gasteiger partial charge is 0.341 e. The Bertz CT molecular complexity index is 514. The first-order valence-corrected chi connectivity index (χ1v) is 6.74. The van der Waals surface area contributed by atoms with Crippen LogP contribution in [0.15, 0.2) is 22.7 Å². The monoisotopic (exact) mass is 294 g/mol. The minimum Gasteiger partial charge on any atom is -0.341 e. The van der Waals surface area contributed by atoms with Gasteiger partial charge in [-0.1, -0.05) is 6.07 Å². The van der Waals surface area contributed by atoms with E-state index in [9.17, 15) is 0 Å². The third kappa shape index (κ3) is 2.17. The standard InChI is InChI=1S/C12H15BrN4/c13-9-3-1-4-10-11(9)16-12(15-10)17-7-2-5-14-6-8-17/h1,3-4,14H,2,5-8H2,(H,15,16). The first-order valence-electron chi connectivity index (χ1n) is 5.94. The summed E-state index contributed by atoms with van der Waals surface area (Å²) in [6.45, 7) is 4.19. The van der Waals surface area contributed by atoms with E-state index in [0.29, 0.717) is 0 Å². The van der Waals surface area contributed by atoms with E-state index in [1.54, 1.807) is 0 Å². The maximum absolute atomic E-state index is 4.67. The zero-order chi connectivity index (χ0) is 11.7. The summed E-state index contributed by atoms with van der Waals surface area (Å²) in [5.74, 6) is 0.982. The summed E-state index contributed by atoms with van der Waals surface area (Å²) >= 11 is 3.54. The molecular weight excluding hydrogens is 280 g/mol. The molecular formula is C12H15BrN4. The summed E-state index contributed by atoms with van der Waals surface area (Å²) in [4.78, 5) is 10.4. The van der Waals surface area contributed by atoms with Crippen LogP contribution in [0, 0.1) is 0 Å². The van der Waals surface area contributed by atoms with E-state index in [-0.39, 0.29) is 0 Å². The molecule has 2 heterocycles. The van der Waals surface area contributed by atoms with E-state index >= 15 is 0 Å². The van der Waals surface area contributed by atoms with E-state index in [1.807, 2.05) is 12.1 Å². The molecule has 1 aliphatic heterocycles. The Hall–Kier alpha value is -1.07. The summed E-state index contributed by atoms with van der Waals surface area (Å²) in [6, 6.07) is 6.11. The maximum Gasteiger partial charge on any atom is 0.203 e. The number of rotatable bonds is 1. The van der Waals surface area contributed by atoms with E-state index in [0.717, 1.165) is 54.1 Å². The van der Waals surface area contributed by atoms with Gasteiger partial charge in [0.25, 0.3) is 0 Å². The zero-order valence-electron chi connectivity index (χ0n) is 9.54. The van der Waals surface area contributed by atoms with Crippen molar-refractivity contribution in [1.29, 1.82) is 0 Å². The Labute approximate surface area is 109 Å². The second-order valence-corrected chi connectivity index (χ2v) is 5.14. The van der Waals surface area contributed by atoms with Gasteiger partial charge in [-0.25, -0.2) is 4.98 Å². The van der Waals surface area contributed by atoms with Gasteiger partial charge in [0.15, 0.2) is 0 Å². The number of hydrogen-bond acceptors (Lipinski definition) is 3. The number of imidazole rings is 1. The molecule has 3 rings (SSSR count). The first-order chi connectivity index (χ1) is 8.34. The third-order valence-corrected chi connectivity index (χ3v) is 3.73. The fourth-order valence-electron chi connectivity index (χ4n) is 2.19. The molecule has 1 aromatic carbocycles. The molecule has 0 amide bonds. The maximum atomic E-state index is 4.67. The highest BCUT2D eigenvalue weighted by Gasteiger charge is 2.14. The number of fused-ring (bicyclic) bond motifs is 1. The van der Waals surface area contributed by atoms with Gasteiger partial charge in [0.05, 0.1) is 5.52 Å². The van der Waals surface area contributed by atoms with Gasteiger partial charge in [-0.15, -0.1) is 0 Å². The molecule has 0 aliphatic carbocycles. The second-order valence-electron chi connectivity index (χ2n) is 4.29. The lowest BCUT2D eigenvalue weighted by Gasteiger charge is -2.18. The van der Waals surface area contributed by atoms with Crippen molar-refractivity contribution in [2.45, 2.75) is 6.42 Å². The van der Waals surface area contributed by atoms with Crippen molar-refractivity contribution in [3.8, 4) is 0 Å². The smallest absolute Gasteiger partial charge is 0.203 e. The summed E-state index contributed by atoms with van der Waals surface area (Å²) in [5, 5.41) is 3.40. The number of nitrogens with one attached hydrogen (secondary N) is 2. The van der Waals surface area contributed by atoms with Crippen molar-refractivity contribution in [2.75, 3.05) is 31.1 Å². The lowest BCUT2D eigenvalue weighted by Crippen LogP contribution is -2.28. The SMILES string of the molecule is Brc1cccc2[nH]c(N3CCCNCC3)nc12. The van der Waals surface area contributed by atoms with Crippen molar-refractivity contribution < 1.29 is 0 Å². The van der Waals surface area contributed by atoms with Crippen LogP contribution in [0.3, 0.4) is 0 Å². The molecule has 4 nitrogen and oxygen atoms in total. The predicted octanol–water partition coefficient (Wildman–Crippen LogP) is 2.13. The summed E-state index contributed by atoms with van der Waals surface area (Å²) in [6.07, 6.45) is 1.16. The van der Waals surface area contributed by atoms with Gasteiger partial charge in [-0.05, 0) is 41.0 Å². The Morgan fingerprint density at radius 2 is 2.18 bits per heavy atom. The molecule has 1 aromatic heterocycles. The van der Waals surface area contributed by atoms with Gasteiger partial charge < -0.3 is 15.2 Å². The fourth-order valence-corrected chi connectivity index (χ4v) is 2.65. The minimum absolute atomic E-state index is 0.982. The van der Waals surface area contributed by atoms with E-state index in [1.165, 1.54) is 0 Å². The zero-order valence-corrected chi connectivity index (χ0v) is 11.1. The first kappa shape index (κ1) is 11.0. The van der Waals surface area contributed by atoms with Crippen molar-refractivity contribution in [1.82, 2.24) is 15.3 Å². The van der Waals surface area contributed by atoms with Crippen LogP contribution in [0.5, 0.6) is 0 Å². The van der Waals surface area contributed by atoms with Crippen LogP contribution in [-0.4, -0.2) is 36.1 Å². The average Bonchev–Trinajstić information content (AvgIpc) is 2.59. The number of nitrogens with zero attached hydrogens (tertiary/aromatic N) is 2. The summed E-state index contributed by atoms with van der Waals surface area (Å²) < 4.78 is 1.05. The lowest BCUT2D eigenvalue weighted by molar-refractivity contribution is 0.724. The normalized spacial score (nSPS) is 17.4. The molecule has 0 radical (unpaired) electrons. The second kappa shape index (κ2) is 4.66. The van der Waals surface area contributed by atoms with Gasteiger partial charge in [-0.3, -0.25) is 0 Å². The number of anilines is 1. The molecule has 1 aliphatic rings. The summed E-state index contributed by atoms with van der Waals surface area (Å²) in [5.41, 5.74) is 2.10. The molecule has 0 atom stereocenters. The van der Waals surface area contributed by atoms with Crippen LogP contribution >= 0.6 is 15.9 Å². The fraction of sp³-hybridized carbons (Fsp3) is 0.417. The van der Waals surface area contributed by atoms with E-state index in [4.69, 9.17) is 0 Å². The van der Waals surface area contributed by atoms with Gasteiger partial charge in [-0.2, -0.15) is 0 Å². The van der Waals surface area contributed by atoms with Crippen LogP contribution in [0.2, 0.25) is 0 Å². The molecule has 2 N–H and O–H groups in total. The van der Waals surface area contributed by atoms with Crippen molar-refractivity contribution in [2.24, 2.45) is 0 Å². The average molecular weight is 295 g/mol.